The van der Waals surface area contributed by atoms with Gasteiger partial charge in [0.05, 0.1) is 11.9 Å². The van der Waals surface area contributed by atoms with Crippen LogP contribution in [-0.2, 0) is 19.6 Å². The van der Waals surface area contributed by atoms with Gasteiger partial charge in [-0.3, -0.25) is 4.79 Å². The van der Waals surface area contributed by atoms with Gasteiger partial charge in [-0.2, -0.15) is 0 Å². The van der Waals surface area contributed by atoms with Crippen molar-refractivity contribution in [1.82, 2.24) is 4.72 Å². The molecule has 0 aromatic heterocycles. The fourth-order valence-electron chi connectivity index (χ4n) is 1.99. The SMILES string of the molecule is CC(CCCC(=O)O)NS(=O)(=O)CC1CCCO1. The molecule has 1 saturated heterocycles. The number of aliphatic carboxylic acids is 1. The van der Waals surface area contributed by atoms with Crippen LogP contribution in [0.4, 0.5) is 0 Å². The van der Waals surface area contributed by atoms with Crippen LogP contribution in [0.15, 0.2) is 0 Å². The lowest BCUT2D eigenvalue weighted by molar-refractivity contribution is -0.137. The van der Waals surface area contributed by atoms with Gasteiger partial charge in [-0.05, 0) is 32.6 Å². The van der Waals surface area contributed by atoms with Crippen LogP contribution >= 0.6 is 0 Å². The molecule has 0 saturated carbocycles. The summed E-state index contributed by atoms with van der Waals surface area (Å²) in [5.41, 5.74) is 0. The average Bonchev–Trinajstić information content (AvgIpc) is 2.67. The second-order valence-corrected chi connectivity index (χ2v) is 6.52. The molecular weight excluding hydrogens is 258 g/mol. The van der Waals surface area contributed by atoms with Crippen LogP contribution in [0.2, 0.25) is 0 Å². The highest BCUT2D eigenvalue weighted by Crippen LogP contribution is 2.14. The highest BCUT2D eigenvalue weighted by atomic mass is 32.2. The third-order valence-corrected chi connectivity index (χ3v) is 4.41. The second-order valence-electron chi connectivity index (χ2n) is 4.72. The topological polar surface area (TPSA) is 92.7 Å². The molecule has 0 spiro atoms. The zero-order valence-corrected chi connectivity index (χ0v) is 11.4. The van der Waals surface area contributed by atoms with E-state index < -0.39 is 16.0 Å². The molecule has 106 valence electrons. The van der Waals surface area contributed by atoms with Gasteiger partial charge < -0.3 is 9.84 Å². The zero-order chi connectivity index (χ0) is 13.6. The largest absolute Gasteiger partial charge is 0.481 e. The van der Waals surface area contributed by atoms with E-state index in [0.29, 0.717) is 19.4 Å². The summed E-state index contributed by atoms with van der Waals surface area (Å²) < 4.78 is 31.4. The molecule has 0 aliphatic carbocycles. The number of sulfonamides is 1. The highest BCUT2D eigenvalue weighted by Gasteiger charge is 2.24. The predicted octanol–water partition coefficient (Wildman–Crippen LogP) is 0.728. The number of carboxylic acid groups (broad SMARTS) is 1. The van der Waals surface area contributed by atoms with Crippen molar-refractivity contribution >= 4 is 16.0 Å². The Balaban J connectivity index is 2.27. The quantitative estimate of drug-likeness (QED) is 0.683. The van der Waals surface area contributed by atoms with Crippen LogP contribution < -0.4 is 4.72 Å². The van der Waals surface area contributed by atoms with Gasteiger partial charge in [-0.15, -0.1) is 0 Å². The minimum atomic E-state index is -3.34. The maximum absolute atomic E-state index is 11.8. The average molecular weight is 279 g/mol. The molecule has 1 fully saturated rings. The van der Waals surface area contributed by atoms with Crippen molar-refractivity contribution < 1.29 is 23.1 Å². The number of ether oxygens (including phenoxy) is 1. The van der Waals surface area contributed by atoms with Gasteiger partial charge in [0.2, 0.25) is 10.0 Å². The van der Waals surface area contributed by atoms with E-state index in [1.54, 1.807) is 6.92 Å². The van der Waals surface area contributed by atoms with Crippen molar-refractivity contribution in [3.8, 4) is 0 Å². The van der Waals surface area contributed by atoms with E-state index in [1.807, 2.05) is 0 Å². The van der Waals surface area contributed by atoms with E-state index in [0.717, 1.165) is 12.8 Å². The van der Waals surface area contributed by atoms with Gasteiger partial charge in [0, 0.05) is 19.1 Å². The van der Waals surface area contributed by atoms with Gasteiger partial charge in [-0.25, -0.2) is 13.1 Å². The van der Waals surface area contributed by atoms with Gasteiger partial charge in [0.25, 0.3) is 0 Å². The molecule has 1 rings (SSSR count). The van der Waals surface area contributed by atoms with Crippen molar-refractivity contribution in [3.05, 3.63) is 0 Å². The van der Waals surface area contributed by atoms with Crippen molar-refractivity contribution in [2.45, 2.75) is 51.2 Å². The van der Waals surface area contributed by atoms with Gasteiger partial charge in [0.1, 0.15) is 0 Å². The van der Waals surface area contributed by atoms with Crippen molar-refractivity contribution in [2.24, 2.45) is 0 Å². The third kappa shape index (κ3) is 6.32. The first-order valence-corrected chi connectivity index (χ1v) is 7.87. The number of hydrogen-bond donors (Lipinski definition) is 2. The maximum Gasteiger partial charge on any atom is 0.303 e. The molecule has 2 atom stereocenters. The van der Waals surface area contributed by atoms with Gasteiger partial charge in [0.15, 0.2) is 0 Å². The standard InChI is InChI=1S/C11H21NO5S/c1-9(4-2-6-11(13)14)12-18(15,16)8-10-5-3-7-17-10/h9-10,12H,2-8H2,1H3,(H,13,14). The van der Waals surface area contributed by atoms with Crippen LogP contribution in [-0.4, -0.2) is 44.0 Å². The van der Waals surface area contributed by atoms with E-state index in [2.05, 4.69) is 4.72 Å². The molecule has 6 nitrogen and oxygen atoms in total. The van der Waals surface area contributed by atoms with E-state index in [4.69, 9.17) is 9.84 Å². The molecule has 0 aromatic carbocycles. The smallest absolute Gasteiger partial charge is 0.303 e. The summed E-state index contributed by atoms with van der Waals surface area (Å²) in [5.74, 6) is -0.861. The first kappa shape index (κ1) is 15.4. The molecule has 1 aliphatic heterocycles. The summed E-state index contributed by atoms with van der Waals surface area (Å²) in [6.07, 6.45) is 2.56. The van der Waals surface area contributed by atoms with E-state index in [1.165, 1.54) is 0 Å². The van der Waals surface area contributed by atoms with Crippen LogP contribution in [0.3, 0.4) is 0 Å². The summed E-state index contributed by atoms with van der Waals surface area (Å²) in [5, 5.41) is 8.49. The molecule has 0 aromatic rings. The molecule has 2 unspecified atom stereocenters. The molecule has 1 heterocycles. The molecule has 18 heavy (non-hydrogen) atoms. The predicted molar refractivity (Wildman–Crippen MR) is 66.8 cm³/mol. The molecular formula is C11H21NO5S. The summed E-state index contributed by atoms with van der Waals surface area (Å²) in [6, 6.07) is -0.240. The lowest BCUT2D eigenvalue weighted by Crippen LogP contribution is -2.37. The van der Waals surface area contributed by atoms with Crippen molar-refractivity contribution in [2.75, 3.05) is 12.4 Å². The van der Waals surface area contributed by atoms with Crippen LogP contribution in [0.5, 0.6) is 0 Å². The molecule has 7 heteroatoms. The van der Waals surface area contributed by atoms with Crippen LogP contribution in [0.1, 0.15) is 39.0 Å². The Morgan fingerprint density at radius 3 is 2.83 bits per heavy atom. The summed E-state index contributed by atoms with van der Waals surface area (Å²) in [6.45, 7) is 2.38. The van der Waals surface area contributed by atoms with E-state index in [9.17, 15) is 13.2 Å². The number of rotatable bonds is 8. The van der Waals surface area contributed by atoms with Crippen molar-refractivity contribution in [3.63, 3.8) is 0 Å². The fourth-order valence-corrected chi connectivity index (χ4v) is 3.57. The normalized spacial score (nSPS) is 21.9. The van der Waals surface area contributed by atoms with Crippen LogP contribution in [0, 0.1) is 0 Å². The van der Waals surface area contributed by atoms with Gasteiger partial charge in [-0.1, -0.05) is 0 Å². The zero-order valence-electron chi connectivity index (χ0n) is 10.6. The van der Waals surface area contributed by atoms with E-state index >= 15 is 0 Å². The van der Waals surface area contributed by atoms with Gasteiger partial charge >= 0.3 is 5.97 Å². The second kappa shape index (κ2) is 7.06. The Kier molecular flexibility index (Phi) is 6.04. The van der Waals surface area contributed by atoms with Crippen molar-refractivity contribution in [1.29, 1.82) is 0 Å². The lowest BCUT2D eigenvalue weighted by Gasteiger charge is -2.16. The Bertz CT molecular complexity index is 362. The Morgan fingerprint density at radius 1 is 1.56 bits per heavy atom. The summed E-state index contributed by atoms with van der Waals surface area (Å²) >= 11 is 0. The Morgan fingerprint density at radius 2 is 2.28 bits per heavy atom. The maximum atomic E-state index is 11.8. The summed E-state index contributed by atoms with van der Waals surface area (Å²) in [7, 11) is -3.34. The number of carbonyl (C=O) groups is 1. The first-order valence-electron chi connectivity index (χ1n) is 6.22. The molecule has 0 bridgehead atoms. The minimum absolute atomic E-state index is 0.00370. The highest BCUT2D eigenvalue weighted by molar-refractivity contribution is 7.89. The lowest BCUT2D eigenvalue weighted by atomic mass is 10.1. The number of nitrogens with one attached hydrogen (secondary N) is 1. The molecule has 0 radical (unpaired) electrons. The Hall–Kier alpha value is -0.660. The Labute approximate surface area is 108 Å². The van der Waals surface area contributed by atoms with Crippen LogP contribution in [0.25, 0.3) is 0 Å². The first-order chi connectivity index (χ1) is 8.39. The minimum Gasteiger partial charge on any atom is -0.481 e. The monoisotopic (exact) mass is 279 g/mol. The summed E-state index contributed by atoms with van der Waals surface area (Å²) in [4.78, 5) is 10.3. The number of hydrogen-bond acceptors (Lipinski definition) is 4. The third-order valence-electron chi connectivity index (χ3n) is 2.84. The molecule has 0 amide bonds. The molecule has 1 aliphatic rings. The van der Waals surface area contributed by atoms with E-state index in [-0.39, 0.29) is 24.3 Å². The molecule has 2 N–H and O–H groups in total. The number of carboxylic acids is 1. The fraction of sp³-hybridized carbons (Fsp3) is 0.909.